The summed E-state index contributed by atoms with van der Waals surface area (Å²) in [5.41, 5.74) is 7.68. The fourth-order valence-electron chi connectivity index (χ4n) is 3.93. The predicted octanol–water partition coefficient (Wildman–Crippen LogP) is 3.49. The lowest BCUT2D eigenvalue weighted by atomic mass is 10.0. The molecule has 1 fully saturated rings. The van der Waals surface area contributed by atoms with E-state index >= 15 is 0 Å². The lowest BCUT2D eigenvalue weighted by molar-refractivity contribution is -0.119. The number of rotatable bonds is 8. The number of hydrogen-bond donors (Lipinski definition) is 2. The van der Waals surface area contributed by atoms with Crippen LogP contribution in [0.3, 0.4) is 0 Å². The normalized spacial score (nSPS) is 15.1. The molecule has 1 aliphatic rings. The second-order valence-electron chi connectivity index (χ2n) is 7.53. The number of benzene rings is 1. The molecule has 1 saturated heterocycles. The van der Waals surface area contributed by atoms with Gasteiger partial charge >= 0.3 is 0 Å². The van der Waals surface area contributed by atoms with E-state index in [1.54, 1.807) is 7.05 Å². The van der Waals surface area contributed by atoms with Gasteiger partial charge in [0.1, 0.15) is 22.6 Å². The van der Waals surface area contributed by atoms with Crippen LogP contribution in [-0.4, -0.2) is 59.8 Å². The molecule has 10 heteroatoms. The molecule has 0 aliphatic carbocycles. The van der Waals surface area contributed by atoms with Crippen LogP contribution in [0, 0.1) is 0 Å². The van der Waals surface area contributed by atoms with Crippen molar-refractivity contribution in [1.82, 2.24) is 15.3 Å². The van der Waals surface area contributed by atoms with Gasteiger partial charge in [0, 0.05) is 49.9 Å². The van der Waals surface area contributed by atoms with Crippen molar-refractivity contribution in [3.05, 3.63) is 41.2 Å². The Morgan fingerprint density at radius 3 is 2.62 bits per heavy atom. The second kappa shape index (κ2) is 11.6. The minimum atomic E-state index is 0.0902. The molecular formula is C22H29BrClN7O. The number of aromatic nitrogens is 2. The van der Waals surface area contributed by atoms with Crippen molar-refractivity contribution < 1.29 is 4.79 Å². The molecule has 2 heterocycles. The Balaban J connectivity index is 1.79. The topological polar surface area (TPSA) is 99.7 Å². The van der Waals surface area contributed by atoms with Gasteiger partial charge in [-0.05, 0) is 59.6 Å². The summed E-state index contributed by atoms with van der Waals surface area (Å²) < 4.78 is 0.620. The van der Waals surface area contributed by atoms with Gasteiger partial charge in [0.15, 0.2) is 0 Å². The third kappa shape index (κ3) is 5.76. The molecule has 172 valence electrons. The average molecular weight is 523 g/mol. The van der Waals surface area contributed by atoms with Crippen LogP contribution >= 0.6 is 27.5 Å². The summed E-state index contributed by atoms with van der Waals surface area (Å²) in [4.78, 5) is 30.1. The summed E-state index contributed by atoms with van der Waals surface area (Å²) in [6.45, 7) is 5.01. The van der Waals surface area contributed by atoms with E-state index in [-0.39, 0.29) is 11.9 Å². The molecule has 2 aromatic rings. The third-order valence-corrected chi connectivity index (χ3v) is 6.53. The van der Waals surface area contributed by atoms with Crippen LogP contribution in [-0.2, 0) is 4.79 Å². The van der Waals surface area contributed by atoms with E-state index in [4.69, 9.17) is 17.3 Å². The van der Waals surface area contributed by atoms with E-state index in [2.05, 4.69) is 41.1 Å². The Hall–Kier alpha value is -2.23. The van der Waals surface area contributed by atoms with Crippen molar-refractivity contribution in [3.8, 4) is 0 Å². The number of nitrogens with one attached hydrogen (secondary N) is 1. The van der Waals surface area contributed by atoms with E-state index in [0.29, 0.717) is 34.0 Å². The Morgan fingerprint density at radius 1 is 1.31 bits per heavy atom. The van der Waals surface area contributed by atoms with Crippen LogP contribution in [0.2, 0.25) is 5.02 Å². The highest BCUT2D eigenvalue weighted by Gasteiger charge is 2.31. The lowest BCUT2D eigenvalue weighted by Crippen LogP contribution is -2.48. The number of nitrogens with zero attached hydrogens (tertiary/aromatic N) is 5. The van der Waals surface area contributed by atoms with E-state index in [1.165, 1.54) is 6.33 Å². The quantitative estimate of drug-likeness (QED) is 0.407. The zero-order chi connectivity index (χ0) is 23.1. The van der Waals surface area contributed by atoms with E-state index in [0.717, 1.165) is 44.0 Å². The van der Waals surface area contributed by atoms with Crippen LogP contribution < -0.4 is 20.9 Å². The molecule has 0 radical (unpaired) electrons. The number of anilines is 3. The summed E-state index contributed by atoms with van der Waals surface area (Å²) in [6, 6.07) is 7.57. The molecular weight excluding hydrogens is 494 g/mol. The van der Waals surface area contributed by atoms with Crippen LogP contribution in [0.15, 0.2) is 35.6 Å². The summed E-state index contributed by atoms with van der Waals surface area (Å²) in [6.07, 6.45) is 3.53. The Bertz CT molecular complexity index is 946. The van der Waals surface area contributed by atoms with Gasteiger partial charge < -0.3 is 20.9 Å². The maximum atomic E-state index is 13.2. The highest BCUT2D eigenvalue weighted by atomic mass is 79.9. The number of nitrogens with two attached hydrogens (primary N) is 1. The molecule has 1 aromatic carbocycles. The minimum absolute atomic E-state index is 0.0902. The van der Waals surface area contributed by atoms with Gasteiger partial charge in [0.25, 0.3) is 0 Å². The summed E-state index contributed by atoms with van der Waals surface area (Å²) in [5.74, 6) is 1.25. The molecule has 0 unspecified atom stereocenters. The first-order valence-electron chi connectivity index (χ1n) is 10.7. The molecule has 3 N–H and O–H groups in total. The summed E-state index contributed by atoms with van der Waals surface area (Å²) in [5, 5.41) is 3.89. The molecule has 0 bridgehead atoms. The van der Waals surface area contributed by atoms with Crippen molar-refractivity contribution in [3.63, 3.8) is 0 Å². The third-order valence-electron chi connectivity index (χ3n) is 5.53. The zero-order valence-corrected chi connectivity index (χ0v) is 20.7. The predicted molar refractivity (Wildman–Crippen MR) is 135 cm³/mol. The number of amides is 1. The number of nitrogen functional groups attached to an aromatic ring is 1. The molecule has 8 nitrogen and oxygen atoms in total. The summed E-state index contributed by atoms with van der Waals surface area (Å²) >= 11 is 9.55. The van der Waals surface area contributed by atoms with Crippen LogP contribution in [0.1, 0.15) is 31.7 Å². The number of halogens is 2. The van der Waals surface area contributed by atoms with E-state index in [9.17, 15) is 4.79 Å². The smallest absolute Gasteiger partial charge is 0.228 e. The maximum Gasteiger partial charge on any atom is 0.228 e. The fraction of sp³-hybridized carbons (Fsp3) is 0.455. The maximum absolute atomic E-state index is 13.2. The molecule has 1 amide bonds. The van der Waals surface area contributed by atoms with Gasteiger partial charge in [0.05, 0.1) is 5.56 Å². The molecule has 3 rings (SSSR count). The van der Waals surface area contributed by atoms with Gasteiger partial charge in [-0.25, -0.2) is 9.97 Å². The first kappa shape index (κ1) is 24.4. The van der Waals surface area contributed by atoms with E-state index < -0.39 is 0 Å². The van der Waals surface area contributed by atoms with Gasteiger partial charge in [-0.15, -0.1) is 0 Å². The van der Waals surface area contributed by atoms with Crippen LogP contribution in [0.25, 0.3) is 0 Å². The van der Waals surface area contributed by atoms with Crippen LogP contribution in [0.4, 0.5) is 17.3 Å². The van der Waals surface area contributed by atoms with Gasteiger partial charge in [-0.3, -0.25) is 9.79 Å². The number of piperidine rings is 1. The van der Waals surface area contributed by atoms with Crippen LogP contribution in [0.5, 0.6) is 0 Å². The molecule has 0 atom stereocenters. The molecule has 0 saturated carbocycles. The number of hydrogen-bond acceptors (Lipinski definition) is 7. The van der Waals surface area contributed by atoms with Gasteiger partial charge in [-0.1, -0.05) is 18.5 Å². The minimum Gasteiger partial charge on any atom is -0.383 e. The Labute approximate surface area is 202 Å². The first-order valence-corrected chi connectivity index (χ1v) is 11.9. The average Bonchev–Trinajstić information content (AvgIpc) is 2.80. The number of carbonyl (C=O) groups excluding carboxylic acids is 1. The highest BCUT2D eigenvalue weighted by molar-refractivity contribution is 9.18. The van der Waals surface area contributed by atoms with E-state index in [1.807, 2.05) is 36.1 Å². The van der Waals surface area contributed by atoms with Crippen molar-refractivity contribution >= 4 is 55.4 Å². The molecule has 32 heavy (non-hydrogen) atoms. The van der Waals surface area contributed by atoms with Gasteiger partial charge in [0.2, 0.25) is 5.91 Å². The molecule has 0 spiro atoms. The first-order chi connectivity index (χ1) is 15.5. The van der Waals surface area contributed by atoms with Crippen molar-refractivity contribution in [2.24, 2.45) is 4.99 Å². The number of aliphatic imine (C=N–C) groups is 1. The number of carbonyl (C=O) groups is 1. The Morgan fingerprint density at radius 2 is 2.00 bits per heavy atom. The molecule has 1 aliphatic heterocycles. The lowest BCUT2D eigenvalue weighted by Gasteiger charge is -2.39. The Kier molecular flexibility index (Phi) is 8.84. The zero-order valence-electron chi connectivity index (χ0n) is 18.4. The fourth-order valence-corrected chi connectivity index (χ4v) is 4.43. The van der Waals surface area contributed by atoms with Crippen molar-refractivity contribution in [2.45, 2.75) is 32.2 Å². The summed E-state index contributed by atoms with van der Waals surface area (Å²) in [7, 11) is 1.69. The standard InChI is InChI=1S/C22H29BrClN7O/c1-3-27-11-8-18(32)31(16-6-4-15(24)5-7-16)17-9-12-30(13-10-17)22-19(20(23)26-2)21(25)28-14-29-22/h4-7,14,17,27H,3,8-13H2,1-2H3,(H2,25,28,29). The van der Waals surface area contributed by atoms with Crippen molar-refractivity contribution in [1.29, 1.82) is 0 Å². The highest BCUT2D eigenvalue weighted by Crippen LogP contribution is 2.30. The monoisotopic (exact) mass is 521 g/mol. The second-order valence-corrected chi connectivity index (χ2v) is 8.72. The molecule has 1 aromatic heterocycles. The SMILES string of the molecule is CCNCCC(=O)N(c1ccc(Cl)cc1)C1CCN(c2ncnc(N)c2C(Br)=NC)CC1. The van der Waals surface area contributed by atoms with Gasteiger partial charge in [-0.2, -0.15) is 0 Å². The largest absolute Gasteiger partial charge is 0.383 e. The van der Waals surface area contributed by atoms with Crippen molar-refractivity contribution in [2.75, 3.05) is 48.8 Å².